The van der Waals surface area contributed by atoms with Crippen molar-refractivity contribution in [2.24, 2.45) is 0 Å². The number of aromatic nitrogens is 2. The normalized spacial score (nSPS) is 15.3. The Kier molecular flexibility index (Phi) is 15.5. The van der Waals surface area contributed by atoms with Crippen LogP contribution < -0.4 is 31.9 Å². The molecule has 74 heavy (non-hydrogen) atoms. The van der Waals surface area contributed by atoms with Gasteiger partial charge in [0, 0.05) is 68.3 Å². The van der Waals surface area contributed by atoms with Crippen molar-refractivity contribution in [3.63, 3.8) is 0 Å². The number of rotatable bonds is 17. The van der Waals surface area contributed by atoms with Gasteiger partial charge in [-0.2, -0.15) is 4.98 Å². The monoisotopic (exact) mass is 1020 g/mol. The number of urea groups is 1. The summed E-state index contributed by atoms with van der Waals surface area (Å²) in [6, 6.07) is 32.5. The number of hydrogen-bond acceptors (Lipinski definition) is 12. The van der Waals surface area contributed by atoms with Crippen LogP contribution in [0.25, 0.3) is 0 Å². The number of hydrogen-bond donors (Lipinski definition) is 6. The Bertz CT molecular complexity index is 3120. The second-order valence-corrected chi connectivity index (χ2v) is 18.3. The van der Waals surface area contributed by atoms with E-state index in [1.165, 1.54) is 0 Å². The molecule has 9 rings (SSSR count). The van der Waals surface area contributed by atoms with E-state index in [0.717, 1.165) is 40.6 Å². The molecule has 8 amide bonds. The van der Waals surface area contributed by atoms with E-state index in [9.17, 15) is 38.0 Å². The molecule has 0 saturated carbocycles. The number of para-hydroxylation sites is 1. The molecule has 20 heteroatoms. The summed E-state index contributed by atoms with van der Waals surface area (Å²) in [6.07, 6.45) is 3.53. The molecule has 1 atom stereocenters. The molecule has 5 aromatic carbocycles. The zero-order chi connectivity index (χ0) is 51.7. The van der Waals surface area contributed by atoms with Crippen LogP contribution in [0.2, 0.25) is 5.02 Å². The van der Waals surface area contributed by atoms with Crippen LogP contribution in [0.4, 0.5) is 43.7 Å². The molecule has 6 aromatic rings. The first kappa shape index (κ1) is 50.2. The molecule has 0 spiro atoms. The predicted molar refractivity (Wildman–Crippen MR) is 276 cm³/mol. The quantitative estimate of drug-likeness (QED) is 0.0398. The first-order chi connectivity index (χ1) is 35.9. The number of nitrogens with zero attached hydrogens (tertiary/aromatic N) is 5. The lowest BCUT2D eigenvalue weighted by Crippen LogP contribution is -2.54. The number of piperidine rings is 1. The zero-order valence-corrected chi connectivity index (χ0v) is 40.7. The molecular formula is C54H51ClFN11O7. The van der Waals surface area contributed by atoms with E-state index < -0.39 is 35.5 Å². The van der Waals surface area contributed by atoms with E-state index in [1.807, 2.05) is 24.3 Å². The average molecular weight is 1020 g/mol. The number of piperazine rings is 1. The largest absolute Gasteiger partial charge is 0.384 e. The highest BCUT2D eigenvalue weighted by Gasteiger charge is 2.45. The van der Waals surface area contributed by atoms with Gasteiger partial charge in [-0.25, -0.2) is 14.2 Å². The summed E-state index contributed by atoms with van der Waals surface area (Å²) < 4.78 is 14.8. The van der Waals surface area contributed by atoms with Gasteiger partial charge in [-0.1, -0.05) is 66.2 Å². The number of benzene rings is 5. The minimum atomic E-state index is -1.02. The molecule has 1 unspecified atom stereocenters. The summed E-state index contributed by atoms with van der Waals surface area (Å²) in [5, 5.41) is 17.7. The van der Waals surface area contributed by atoms with Crippen LogP contribution in [0.5, 0.6) is 0 Å². The third kappa shape index (κ3) is 12.0. The molecule has 0 aliphatic carbocycles. The Morgan fingerprint density at radius 3 is 2.11 bits per heavy atom. The van der Waals surface area contributed by atoms with E-state index in [0.29, 0.717) is 79.0 Å². The molecule has 3 aliphatic rings. The third-order valence-electron chi connectivity index (χ3n) is 12.9. The number of amides is 8. The highest BCUT2D eigenvalue weighted by atomic mass is 35.5. The van der Waals surface area contributed by atoms with E-state index in [4.69, 9.17) is 11.6 Å². The smallest absolute Gasteiger partial charge is 0.317 e. The van der Waals surface area contributed by atoms with Gasteiger partial charge in [0.05, 0.1) is 34.5 Å². The fraction of sp³-hybridized carbons (Fsp3) is 0.241. The van der Waals surface area contributed by atoms with Crippen molar-refractivity contribution in [3.05, 3.63) is 166 Å². The van der Waals surface area contributed by atoms with Gasteiger partial charge in [0.25, 0.3) is 17.7 Å². The van der Waals surface area contributed by atoms with Gasteiger partial charge in [0.15, 0.2) is 11.6 Å². The molecular weight excluding hydrogens is 969 g/mol. The molecule has 6 N–H and O–H groups in total. The highest BCUT2D eigenvalue weighted by Crippen LogP contribution is 2.33. The SMILES string of the molecule is O=C1CCC(N2C(=O)c3cccc(NCCCc4ccc(CCNC(=O)N5CCN(C(=O)Cc6ccc(Nc7ncc(F)c(Nc8ccc(C(=O)Nc9ccccc9Cl)cc8)n7)cc6)CC5)cc4)c3C2=O)C(=O)N1. The van der Waals surface area contributed by atoms with Gasteiger partial charge in [0.1, 0.15) is 6.04 Å². The van der Waals surface area contributed by atoms with E-state index in [-0.39, 0.29) is 60.0 Å². The number of imide groups is 2. The van der Waals surface area contributed by atoms with Crippen LogP contribution in [-0.2, 0) is 33.6 Å². The number of carbonyl (C=O) groups is 7. The van der Waals surface area contributed by atoms with Gasteiger partial charge in [-0.15, -0.1) is 0 Å². The minimum Gasteiger partial charge on any atom is -0.384 e. The Morgan fingerprint density at radius 2 is 1.38 bits per heavy atom. The second kappa shape index (κ2) is 22.8. The Labute approximate surface area is 430 Å². The Morgan fingerprint density at radius 1 is 0.716 bits per heavy atom. The van der Waals surface area contributed by atoms with Crippen molar-refractivity contribution in [1.82, 2.24) is 35.3 Å². The van der Waals surface area contributed by atoms with Crippen LogP contribution in [0.15, 0.2) is 121 Å². The highest BCUT2D eigenvalue weighted by molar-refractivity contribution is 6.34. The average Bonchev–Trinajstić information content (AvgIpc) is 3.66. The first-order valence-corrected chi connectivity index (χ1v) is 24.5. The van der Waals surface area contributed by atoms with Crippen molar-refractivity contribution in [2.45, 2.75) is 44.6 Å². The molecule has 0 bridgehead atoms. The summed E-state index contributed by atoms with van der Waals surface area (Å²) >= 11 is 6.16. The Balaban J connectivity index is 0.659. The number of aryl methyl sites for hydroxylation is 1. The van der Waals surface area contributed by atoms with Crippen LogP contribution in [-0.4, -0.2) is 111 Å². The van der Waals surface area contributed by atoms with Crippen LogP contribution in [0, 0.1) is 5.82 Å². The Hall–Kier alpha value is -8.71. The number of carbonyl (C=O) groups excluding carboxylic acids is 7. The van der Waals surface area contributed by atoms with Crippen molar-refractivity contribution >= 4 is 87.6 Å². The number of nitrogens with one attached hydrogen (secondary N) is 6. The van der Waals surface area contributed by atoms with Crippen LogP contribution in [0.1, 0.15) is 67.0 Å². The molecule has 0 radical (unpaired) electrons. The molecule has 378 valence electrons. The second-order valence-electron chi connectivity index (χ2n) is 17.9. The lowest BCUT2D eigenvalue weighted by Gasteiger charge is -2.34. The van der Waals surface area contributed by atoms with Crippen LogP contribution in [0.3, 0.4) is 0 Å². The summed E-state index contributed by atoms with van der Waals surface area (Å²) in [5.74, 6) is -3.17. The van der Waals surface area contributed by atoms with E-state index in [2.05, 4.69) is 54.0 Å². The van der Waals surface area contributed by atoms with E-state index >= 15 is 0 Å². The molecule has 18 nitrogen and oxygen atoms in total. The summed E-state index contributed by atoms with van der Waals surface area (Å²) in [6.45, 7) is 2.64. The topological polar surface area (TPSA) is 227 Å². The fourth-order valence-corrected chi connectivity index (χ4v) is 9.05. The molecule has 2 saturated heterocycles. The van der Waals surface area contributed by atoms with Gasteiger partial charge in [-0.3, -0.25) is 39.0 Å². The van der Waals surface area contributed by atoms with Crippen molar-refractivity contribution in [1.29, 1.82) is 0 Å². The lowest BCUT2D eigenvalue weighted by molar-refractivity contribution is -0.136. The third-order valence-corrected chi connectivity index (χ3v) is 13.2. The maximum atomic E-state index is 14.8. The lowest BCUT2D eigenvalue weighted by atomic mass is 10.0. The molecule has 1 aromatic heterocycles. The minimum absolute atomic E-state index is 0.0501. The van der Waals surface area contributed by atoms with Crippen molar-refractivity contribution in [2.75, 3.05) is 60.5 Å². The molecule has 4 heterocycles. The number of anilines is 6. The number of halogens is 2. The van der Waals surface area contributed by atoms with Gasteiger partial charge >= 0.3 is 6.03 Å². The summed E-state index contributed by atoms with van der Waals surface area (Å²) in [4.78, 5) is 102. The maximum Gasteiger partial charge on any atom is 0.317 e. The van der Waals surface area contributed by atoms with Crippen LogP contribution >= 0.6 is 11.6 Å². The summed E-state index contributed by atoms with van der Waals surface area (Å²) in [5.41, 5.74) is 5.96. The fourth-order valence-electron chi connectivity index (χ4n) is 8.87. The maximum absolute atomic E-state index is 14.8. The standard InChI is InChI=1S/C54H51ClFN11O7/c55-40-7-1-2-8-42(40)62-49(70)36-16-20-37(21-17-36)60-48-41(56)32-59-53(64-48)61-38-18-14-35(15-19-38)31-46(69)65-27-29-66(30-28-65)54(74)58-26-24-34-12-10-33(11-13-34)5-4-25-57-43-9-3-6-39-47(43)52(73)67(51(39)72)44-22-23-45(68)63-50(44)71/h1-3,6-21,32,44,57H,4-5,22-31H2,(H,58,74)(H,62,70)(H,63,68,71)(H2,59,60,61,64). The van der Waals surface area contributed by atoms with Gasteiger partial charge < -0.3 is 36.4 Å². The van der Waals surface area contributed by atoms with Crippen molar-refractivity contribution < 1.29 is 38.0 Å². The molecule has 2 fully saturated rings. The van der Waals surface area contributed by atoms with Gasteiger partial charge in [0.2, 0.25) is 23.7 Å². The summed E-state index contributed by atoms with van der Waals surface area (Å²) in [7, 11) is 0. The van der Waals surface area contributed by atoms with E-state index in [1.54, 1.807) is 88.7 Å². The van der Waals surface area contributed by atoms with Gasteiger partial charge in [-0.05, 0) is 103 Å². The predicted octanol–water partition coefficient (Wildman–Crippen LogP) is 7.09. The first-order valence-electron chi connectivity index (χ1n) is 24.1. The molecule has 3 aliphatic heterocycles. The number of fused-ring (bicyclic) bond motifs is 1. The van der Waals surface area contributed by atoms with Crippen molar-refractivity contribution in [3.8, 4) is 0 Å². The zero-order valence-electron chi connectivity index (χ0n) is 40.0.